The normalized spacial score (nSPS) is 25.0. The van der Waals surface area contributed by atoms with Crippen LogP contribution in [0.25, 0.3) is 0 Å². The molecule has 1 heterocycles. The smallest absolute Gasteiger partial charge is 0.150 e. The van der Waals surface area contributed by atoms with Crippen LogP contribution in [0.1, 0.15) is 44.5 Å². The Kier molecular flexibility index (Phi) is 3.56. The van der Waals surface area contributed by atoms with E-state index in [0.29, 0.717) is 5.25 Å². The van der Waals surface area contributed by atoms with Gasteiger partial charge in [0.1, 0.15) is 6.29 Å². The third kappa shape index (κ3) is 2.96. The Bertz CT molecular complexity index is 452. The lowest BCUT2D eigenvalue weighted by atomic mass is 10.0. The van der Waals surface area contributed by atoms with Gasteiger partial charge in [-0.1, -0.05) is 12.1 Å². The summed E-state index contributed by atoms with van der Waals surface area (Å²) in [6.07, 6.45) is 1.92. The van der Waals surface area contributed by atoms with Crippen molar-refractivity contribution in [2.24, 2.45) is 0 Å². The molecule has 0 bridgehead atoms. The molecule has 18 heavy (non-hydrogen) atoms. The Morgan fingerprint density at radius 3 is 2.61 bits per heavy atom. The van der Waals surface area contributed by atoms with Crippen LogP contribution in [0.15, 0.2) is 29.2 Å². The molecular weight excluding hydrogens is 244 g/mol. The number of benzene rings is 1. The molecule has 1 fully saturated rings. The highest BCUT2D eigenvalue weighted by molar-refractivity contribution is 8.00. The van der Waals surface area contributed by atoms with Crippen molar-refractivity contribution in [1.29, 1.82) is 0 Å². The molecule has 1 unspecified atom stereocenters. The molecule has 1 atom stereocenters. The van der Waals surface area contributed by atoms with Crippen LogP contribution in [0.3, 0.4) is 0 Å². The van der Waals surface area contributed by atoms with Crippen LogP contribution in [0, 0.1) is 0 Å². The Morgan fingerprint density at radius 2 is 2.06 bits per heavy atom. The Balaban J connectivity index is 2.16. The summed E-state index contributed by atoms with van der Waals surface area (Å²) in [6, 6.07) is 7.76. The molecule has 0 radical (unpaired) electrons. The zero-order valence-corrected chi connectivity index (χ0v) is 12.2. The molecule has 0 saturated carbocycles. The molecule has 0 spiro atoms. The van der Waals surface area contributed by atoms with Crippen LogP contribution in [0.5, 0.6) is 0 Å². The topological polar surface area (TPSA) is 26.3 Å². The predicted octanol–water partition coefficient (Wildman–Crippen LogP) is 3.94. The van der Waals surface area contributed by atoms with Crippen LogP contribution in [-0.2, 0) is 4.74 Å². The predicted molar refractivity (Wildman–Crippen MR) is 75.3 cm³/mol. The summed E-state index contributed by atoms with van der Waals surface area (Å²) in [6.45, 7) is 8.56. The van der Waals surface area contributed by atoms with Crippen molar-refractivity contribution < 1.29 is 9.53 Å². The minimum Gasteiger partial charge on any atom is -0.368 e. The number of carbonyl (C=O) groups excluding carboxylic acids is 1. The molecule has 2 nitrogen and oxygen atoms in total. The second-order valence-electron chi connectivity index (χ2n) is 5.97. The maximum Gasteiger partial charge on any atom is 0.150 e. The summed E-state index contributed by atoms with van der Waals surface area (Å²) >= 11 is 1.81. The van der Waals surface area contributed by atoms with E-state index in [0.717, 1.165) is 23.2 Å². The Morgan fingerprint density at radius 1 is 1.33 bits per heavy atom. The molecule has 0 aromatic heterocycles. The van der Waals surface area contributed by atoms with Gasteiger partial charge < -0.3 is 4.74 Å². The van der Waals surface area contributed by atoms with E-state index in [2.05, 4.69) is 33.8 Å². The van der Waals surface area contributed by atoms with Crippen molar-refractivity contribution in [2.75, 3.05) is 0 Å². The van der Waals surface area contributed by atoms with Crippen molar-refractivity contribution >= 4 is 18.0 Å². The largest absolute Gasteiger partial charge is 0.368 e. The van der Waals surface area contributed by atoms with Crippen LogP contribution in [-0.4, -0.2) is 22.7 Å². The second kappa shape index (κ2) is 4.71. The summed E-state index contributed by atoms with van der Waals surface area (Å²) in [5.41, 5.74) is 0.533. The summed E-state index contributed by atoms with van der Waals surface area (Å²) in [5, 5.41) is 0.411. The summed E-state index contributed by atoms with van der Waals surface area (Å²) in [7, 11) is 0. The molecule has 0 amide bonds. The van der Waals surface area contributed by atoms with Gasteiger partial charge >= 0.3 is 0 Å². The highest BCUT2D eigenvalue weighted by Crippen LogP contribution is 2.46. The minimum atomic E-state index is -0.134. The fourth-order valence-corrected chi connectivity index (χ4v) is 4.03. The maximum atomic E-state index is 10.8. The lowest BCUT2D eigenvalue weighted by Gasteiger charge is -2.27. The molecule has 0 aliphatic carbocycles. The van der Waals surface area contributed by atoms with Gasteiger partial charge in [-0.2, -0.15) is 0 Å². The number of thioether (sulfide) groups is 1. The van der Waals surface area contributed by atoms with E-state index in [1.807, 2.05) is 18.2 Å². The first-order valence-electron chi connectivity index (χ1n) is 6.24. The monoisotopic (exact) mass is 264 g/mol. The Labute approximate surface area is 113 Å². The molecular formula is C15H20O2S. The lowest BCUT2D eigenvalue weighted by Crippen LogP contribution is -2.30. The van der Waals surface area contributed by atoms with Crippen LogP contribution >= 0.6 is 11.8 Å². The Hall–Kier alpha value is -0.800. The SMILES string of the molecule is CC1(C)CC(Sc2cccc(C=O)c2)C(C)(C)O1. The van der Waals surface area contributed by atoms with Gasteiger partial charge in [0.05, 0.1) is 11.2 Å². The highest BCUT2D eigenvalue weighted by atomic mass is 32.2. The van der Waals surface area contributed by atoms with Crippen molar-refractivity contribution in [3.8, 4) is 0 Å². The fraction of sp³-hybridized carbons (Fsp3) is 0.533. The lowest BCUT2D eigenvalue weighted by molar-refractivity contribution is -0.0631. The van der Waals surface area contributed by atoms with E-state index in [9.17, 15) is 4.79 Å². The van der Waals surface area contributed by atoms with Gasteiger partial charge in [0.25, 0.3) is 0 Å². The molecule has 1 aromatic rings. The number of hydrogen-bond acceptors (Lipinski definition) is 3. The van der Waals surface area contributed by atoms with E-state index in [1.165, 1.54) is 0 Å². The average molecular weight is 264 g/mol. The summed E-state index contributed by atoms with van der Waals surface area (Å²) < 4.78 is 6.09. The quantitative estimate of drug-likeness (QED) is 0.774. The first-order chi connectivity index (χ1) is 8.32. The van der Waals surface area contributed by atoms with Gasteiger partial charge in [-0.15, -0.1) is 11.8 Å². The van der Waals surface area contributed by atoms with Crippen LogP contribution in [0.4, 0.5) is 0 Å². The first-order valence-corrected chi connectivity index (χ1v) is 7.12. The molecule has 1 aliphatic rings. The molecule has 0 N–H and O–H groups in total. The first kappa shape index (κ1) is 13.6. The van der Waals surface area contributed by atoms with Gasteiger partial charge in [-0.25, -0.2) is 0 Å². The molecule has 2 rings (SSSR count). The molecule has 98 valence electrons. The minimum absolute atomic E-state index is 0.0660. The van der Waals surface area contributed by atoms with Gasteiger partial charge in [-0.3, -0.25) is 4.79 Å². The number of carbonyl (C=O) groups is 1. The van der Waals surface area contributed by atoms with E-state index < -0.39 is 0 Å². The van der Waals surface area contributed by atoms with Crippen LogP contribution in [0.2, 0.25) is 0 Å². The molecule has 1 aromatic carbocycles. The number of rotatable bonds is 3. The molecule has 1 saturated heterocycles. The molecule has 3 heteroatoms. The van der Waals surface area contributed by atoms with E-state index in [1.54, 1.807) is 11.8 Å². The number of hydrogen-bond donors (Lipinski definition) is 0. The highest BCUT2D eigenvalue weighted by Gasteiger charge is 2.46. The van der Waals surface area contributed by atoms with Gasteiger partial charge in [0, 0.05) is 15.7 Å². The van der Waals surface area contributed by atoms with Crippen molar-refractivity contribution in [3.63, 3.8) is 0 Å². The van der Waals surface area contributed by atoms with Crippen molar-refractivity contribution in [2.45, 2.75) is 55.5 Å². The summed E-state index contributed by atoms with van der Waals surface area (Å²) in [4.78, 5) is 11.9. The molecule has 1 aliphatic heterocycles. The maximum absolute atomic E-state index is 10.8. The van der Waals surface area contributed by atoms with Crippen molar-refractivity contribution in [1.82, 2.24) is 0 Å². The van der Waals surface area contributed by atoms with Gasteiger partial charge in [-0.05, 0) is 46.2 Å². The summed E-state index contributed by atoms with van der Waals surface area (Å²) in [5.74, 6) is 0. The second-order valence-corrected chi connectivity index (χ2v) is 7.24. The third-order valence-electron chi connectivity index (χ3n) is 3.26. The number of aldehydes is 1. The zero-order chi connectivity index (χ0) is 13.4. The third-order valence-corrected chi connectivity index (χ3v) is 4.81. The van der Waals surface area contributed by atoms with Crippen molar-refractivity contribution in [3.05, 3.63) is 29.8 Å². The average Bonchev–Trinajstić information content (AvgIpc) is 2.47. The van der Waals surface area contributed by atoms with E-state index in [4.69, 9.17) is 4.74 Å². The van der Waals surface area contributed by atoms with Crippen LogP contribution < -0.4 is 0 Å². The zero-order valence-electron chi connectivity index (χ0n) is 11.4. The van der Waals surface area contributed by atoms with E-state index in [-0.39, 0.29) is 11.2 Å². The van der Waals surface area contributed by atoms with Gasteiger partial charge in [0.2, 0.25) is 0 Å². The van der Waals surface area contributed by atoms with Gasteiger partial charge in [0.15, 0.2) is 0 Å². The number of ether oxygens (including phenoxy) is 1. The fourth-order valence-electron chi connectivity index (χ4n) is 2.52. The standard InChI is InChI=1S/C15H20O2S/c1-14(2)9-13(15(3,4)17-14)18-12-7-5-6-11(8-12)10-16/h5-8,10,13H,9H2,1-4H3. The van der Waals surface area contributed by atoms with E-state index >= 15 is 0 Å².